The third kappa shape index (κ3) is 4.38. The Morgan fingerprint density at radius 2 is 2.00 bits per heavy atom. The van der Waals surface area contributed by atoms with E-state index in [1.54, 1.807) is 18.2 Å². The highest BCUT2D eigenvalue weighted by atomic mass is 35.5. The largest absolute Gasteiger partial charge is 0.454 e. The van der Waals surface area contributed by atoms with Gasteiger partial charge in [-0.3, -0.25) is 4.79 Å². The lowest BCUT2D eigenvalue weighted by Crippen LogP contribution is -2.29. The van der Waals surface area contributed by atoms with E-state index >= 15 is 0 Å². The lowest BCUT2D eigenvalue weighted by Gasteiger charge is -2.13. The number of amides is 1. The van der Waals surface area contributed by atoms with Gasteiger partial charge in [0.1, 0.15) is 0 Å². The van der Waals surface area contributed by atoms with Gasteiger partial charge >= 0.3 is 5.97 Å². The second-order valence-corrected chi connectivity index (χ2v) is 7.38. The van der Waals surface area contributed by atoms with Crippen LogP contribution in [-0.4, -0.2) is 24.8 Å². The van der Waals surface area contributed by atoms with Crippen molar-refractivity contribution in [2.24, 2.45) is 0 Å². The second kappa shape index (κ2) is 8.17. The molecule has 4 rings (SSSR count). The van der Waals surface area contributed by atoms with E-state index in [4.69, 9.17) is 25.8 Å². The van der Waals surface area contributed by atoms with Crippen LogP contribution in [0.2, 0.25) is 5.02 Å². The molecule has 0 unspecified atom stereocenters. The number of aryl methyl sites for hydroxylation is 2. The zero-order chi connectivity index (χ0) is 20.4. The summed E-state index contributed by atoms with van der Waals surface area (Å²) in [5, 5.41) is 3.20. The highest BCUT2D eigenvalue weighted by molar-refractivity contribution is 6.32. The van der Waals surface area contributed by atoms with Gasteiger partial charge in [-0.25, -0.2) is 4.79 Å². The van der Waals surface area contributed by atoms with Crippen LogP contribution in [0.25, 0.3) is 6.08 Å². The van der Waals surface area contributed by atoms with Crippen molar-refractivity contribution in [3.05, 3.63) is 58.1 Å². The van der Waals surface area contributed by atoms with Gasteiger partial charge in [-0.1, -0.05) is 17.7 Å². The molecular weight excluding hydrogens is 394 g/mol. The maximum Gasteiger partial charge on any atom is 0.331 e. The maximum atomic E-state index is 12.3. The summed E-state index contributed by atoms with van der Waals surface area (Å²) in [6.45, 7) is 1.65. The fourth-order valence-electron chi connectivity index (χ4n) is 3.41. The number of nitrogens with one attached hydrogen (secondary N) is 1. The molecule has 6 nitrogen and oxygen atoms in total. The molecular formula is C22H20ClNO5. The molecule has 1 atom stereocenters. The number of anilines is 1. The lowest BCUT2D eigenvalue weighted by molar-refractivity contribution is -0.148. The van der Waals surface area contributed by atoms with Crippen LogP contribution in [0.4, 0.5) is 5.69 Å². The van der Waals surface area contributed by atoms with E-state index in [0.717, 1.165) is 19.3 Å². The quantitative estimate of drug-likeness (QED) is 0.589. The number of fused-ring (bicyclic) bond motifs is 2. The van der Waals surface area contributed by atoms with E-state index in [2.05, 4.69) is 5.32 Å². The first-order valence-electron chi connectivity index (χ1n) is 9.40. The molecule has 2 aliphatic rings. The fourth-order valence-corrected chi connectivity index (χ4v) is 3.68. The standard InChI is InChI=1S/C22H20ClNO5/c1-13(22(26)24-17-7-6-15-3-2-4-16(15)11-17)29-20(25)8-5-14-9-18(23)21-19(10-14)27-12-28-21/h5-11,13H,2-4,12H2,1H3,(H,24,26)/b8-5+/t13-/m1/s1. The first kappa shape index (κ1) is 19.3. The molecule has 0 fully saturated rings. The molecule has 29 heavy (non-hydrogen) atoms. The zero-order valence-electron chi connectivity index (χ0n) is 15.9. The van der Waals surface area contributed by atoms with Crippen molar-refractivity contribution >= 4 is 35.2 Å². The van der Waals surface area contributed by atoms with Crippen LogP contribution >= 0.6 is 11.6 Å². The molecule has 150 valence electrons. The van der Waals surface area contributed by atoms with E-state index < -0.39 is 12.1 Å². The monoisotopic (exact) mass is 413 g/mol. The Bertz CT molecular complexity index is 1000. The van der Waals surface area contributed by atoms with Crippen LogP contribution in [0.5, 0.6) is 11.5 Å². The van der Waals surface area contributed by atoms with E-state index in [9.17, 15) is 9.59 Å². The minimum absolute atomic E-state index is 0.112. The fraction of sp³-hybridized carbons (Fsp3) is 0.273. The molecule has 1 aliphatic heterocycles. The Morgan fingerprint density at radius 3 is 2.86 bits per heavy atom. The van der Waals surface area contributed by atoms with Crippen LogP contribution in [-0.2, 0) is 27.2 Å². The molecule has 0 aromatic heterocycles. The van der Waals surface area contributed by atoms with E-state index in [-0.39, 0.29) is 12.7 Å². The van der Waals surface area contributed by atoms with Gasteiger partial charge in [0.2, 0.25) is 6.79 Å². The van der Waals surface area contributed by atoms with Crippen molar-refractivity contribution in [3.63, 3.8) is 0 Å². The summed E-state index contributed by atoms with van der Waals surface area (Å²) < 4.78 is 15.7. The third-order valence-corrected chi connectivity index (χ3v) is 5.17. The molecule has 0 spiro atoms. The average Bonchev–Trinajstić information content (AvgIpc) is 3.35. The molecule has 0 bridgehead atoms. The van der Waals surface area contributed by atoms with E-state index in [1.165, 1.54) is 24.1 Å². The summed E-state index contributed by atoms with van der Waals surface area (Å²) >= 11 is 6.12. The lowest BCUT2D eigenvalue weighted by atomic mass is 10.1. The van der Waals surface area contributed by atoms with Gasteiger partial charge in [0.05, 0.1) is 5.02 Å². The number of carbonyl (C=O) groups is 2. The Labute approximate surface area is 173 Å². The van der Waals surface area contributed by atoms with Crippen LogP contribution in [0.15, 0.2) is 36.4 Å². The van der Waals surface area contributed by atoms with Crippen molar-refractivity contribution in [2.75, 3.05) is 12.1 Å². The van der Waals surface area contributed by atoms with Crippen molar-refractivity contribution in [1.82, 2.24) is 0 Å². The van der Waals surface area contributed by atoms with Crippen LogP contribution in [0.3, 0.4) is 0 Å². The van der Waals surface area contributed by atoms with Gasteiger partial charge in [0, 0.05) is 11.8 Å². The second-order valence-electron chi connectivity index (χ2n) is 6.98. The molecule has 0 saturated heterocycles. The predicted octanol–water partition coefficient (Wildman–Crippen LogP) is 4.14. The minimum atomic E-state index is -0.930. The third-order valence-electron chi connectivity index (χ3n) is 4.89. The first-order valence-corrected chi connectivity index (χ1v) is 9.78. The topological polar surface area (TPSA) is 73.9 Å². The Morgan fingerprint density at radius 1 is 1.17 bits per heavy atom. The van der Waals surface area contributed by atoms with Gasteiger partial charge in [-0.2, -0.15) is 0 Å². The summed E-state index contributed by atoms with van der Waals surface area (Å²) in [6, 6.07) is 9.26. The molecule has 1 aliphatic carbocycles. The van der Waals surface area contributed by atoms with Crippen molar-refractivity contribution in [2.45, 2.75) is 32.3 Å². The molecule has 7 heteroatoms. The number of hydrogen-bond donors (Lipinski definition) is 1. The number of hydrogen-bond acceptors (Lipinski definition) is 5. The van der Waals surface area contributed by atoms with Gasteiger partial charge in [-0.15, -0.1) is 0 Å². The summed E-state index contributed by atoms with van der Waals surface area (Å²) in [4.78, 5) is 24.4. The molecule has 2 aromatic rings. The summed E-state index contributed by atoms with van der Waals surface area (Å²) in [5.74, 6) is 0.00191. The smallest absolute Gasteiger partial charge is 0.331 e. The number of ether oxygens (including phenoxy) is 3. The number of carbonyl (C=O) groups excluding carboxylic acids is 2. The number of halogens is 1. The Balaban J connectivity index is 1.33. The minimum Gasteiger partial charge on any atom is -0.454 e. The Hall–Kier alpha value is -2.99. The molecule has 0 saturated carbocycles. The molecule has 2 aromatic carbocycles. The number of rotatable bonds is 5. The first-order chi connectivity index (χ1) is 14.0. The van der Waals surface area contributed by atoms with E-state index in [1.807, 2.05) is 18.2 Å². The maximum absolute atomic E-state index is 12.3. The van der Waals surface area contributed by atoms with Gasteiger partial charge in [-0.05, 0) is 73.2 Å². The molecule has 0 radical (unpaired) electrons. The zero-order valence-corrected chi connectivity index (χ0v) is 16.6. The van der Waals surface area contributed by atoms with Gasteiger partial charge < -0.3 is 19.5 Å². The van der Waals surface area contributed by atoms with Crippen LogP contribution in [0, 0.1) is 0 Å². The molecule has 1 heterocycles. The van der Waals surface area contributed by atoms with E-state index in [0.29, 0.717) is 27.8 Å². The SMILES string of the molecule is C[C@@H](OC(=O)/C=C/c1cc(Cl)c2c(c1)OCO2)C(=O)Nc1ccc2c(c1)CCC2. The normalized spacial score (nSPS) is 15.2. The predicted molar refractivity (Wildman–Crippen MR) is 109 cm³/mol. The average molecular weight is 414 g/mol. The van der Waals surface area contributed by atoms with Gasteiger partial charge in [0.15, 0.2) is 17.6 Å². The molecule has 1 amide bonds. The Kier molecular flexibility index (Phi) is 5.45. The summed E-state index contributed by atoms with van der Waals surface area (Å²) in [7, 11) is 0. The summed E-state index contributed by atoms with van der Waals surface area (Å²) in [6.07, 6.45) is 5.10. The van der Waals surface area contributed by atoms with Crippen molar-refractivity contribution in [1.29, 1.82) is 0 Å². The number of esters is 1. The van der Waals surface area contributed by atoms with Gasteiger partial charge in [0.25, 0.3) is 5.91 Å². The van der Waals surface area contributed by atoms with Crippen LogP contribution < -0.4 is 14.8 Å². The number of benzene rings is 2. The molecule has 1 N–H and O–H groups in total. The van der Waals surface area contributed by atoms with Crippen molar-refractivity contribution < 1.29 is 23.8 Å². The highest BCUT2D eigenvalue weighted by Crippen LogP contribution is 2.40. The van der Waals surface area contributed by atoms with Crippen molar-refractivity contribution in [3.8, 4) is 11.5 Å². The highest BCUT2D eigenvalue weighted by Gasteiger charge is 2.19. The van der Waals surface area contributed by atoms with Crippen LogP contribution in [0.1, 0.15) is 30.0 Å². The summed E-state index contributed by atoms with van der Waals surface area (Å²) in [5.41, 5.74) is 3.96.